The van der Waals surface area contributed by atoms with Gasteiger partial charge < -0.3 is 16.4 Å². The number of carbonyl (C=O) groups is 3. The Balaban J connectivity index is 1.94. The van der Waals surface area contributed by atoms with Crippen molar-refractivity contribution in [3.63, 3.8) is 0 Å². The van der Waals surface area contributed by atoms with Crippen molar-refractivity contribution in [2.24, 2.45) is 5.73 Å². The van der Waals surface area contributed by atoms with Crippen LogP contribution < -0.4 is 16.4 Å². The highest BCUT2D eigenvalue weighted by Crippen LogP contribution is 2.11. The Bertz CT molecular complexity index is 750. The Morgan fingerprint density at radius 1 is 1.04 bits per heavy atom. The SMILES string of the molecule is NC(=O)C(NC(=O)CNC(=O)c1cccc(F)c1)c1ccccc1. The predicted octanol–water partition coefficient (Wildman–Crippen LogP) is 0.898. The molecule has 0 saturated heterocycles. The van der Waals surface area contributed by atoms with E-state index in [4.69, 9.17) is 5.73 Å². The monoisotopic (exact) mass is 329 g/mol. The number of hydrogen-bond donors (Lipinski definition) is 3. The molecule has 6 nitrogen and oxygen atoms in total. The van der Waals surface area contributed by atoms with E-state index >= 15 is 0 Å². The summed E-state index contributed by atoms with van der Waals surface area (Å²) in [6.45, 7) is -0.369. The molecule has 4 N–H and O–H groups in total. The van der Waals surface area contributed by atoms with E-state index in [1.165, 1.54) is 18.2 Å². The molecule has 0 aliphatic heterocycles. The smallest absolute Gasteiger partial charge is 0.251 e. The summed E-state index contributed by atoms with van der Waals surface area (Å²) in [5.41, 5.74) is 5.93. The third-order valence-corrected chi connectivity index (χ3v) is 3.22. The Labute approximate surface area is 137 Å². The summed E-state index contributed by atoms with van der Waals surface area (Å²) in [5, 5.41) is 4.80. The van der Waals surface area contributed by atoms with E-state index in [2.05, 4.69) is 10.6 Å². The van der Waals surface area contributed by atoms with Gasteiger partial charge in [0.05, 0.1) is 6.54 Å². The lowest BCUT2D eigenvalue weighted by atomic mass is 10.1. The van der Waals surface area contributed by atoms with E-state index in [1.54, 1.807) is 30.3 Å². The van der Waals surface area contributed by atoms with Crippen LogP contribution in [-0.2, 0) is 9.59 Å². The molecular weight excluding hydrogens is 313 g/mol. The van der Waals surface area contributed by atoms with Crippen LogP contribution in [0.2, 0.25) is 0 Å². The number of carbonyl (C=O) groups excluding carboxylic acids is 3. The number of benzene rings is 2. The van der Waals surface area contributed by atoms with Crippen LogP contribution in [0, 0.1) is 5.82 Å². The molecule has 0 radical (unpaired) electrons. The molecule has 0 aliphatic carbocycles. The van der Waals surface area contributed by atoms with E-state index in [9.17, 15) is 18.8 Å². The maximum Gasteiger partial charge on any atom is 0.251 e. The first-order chi connectivity index (χ1) is 11.5. The van der Waals surface area contributed by atoms with Crippen LogP contribution in [0.15, 0.2) is 54.6 Å². The molecule has 3 amide bonds. The number of nitrogens with one attached hydrogen (secondary N) is 2. The van der Waals surface area contributed by atoms with Crippen LogP contribution in [0.25, 0.3) is 0 Å². The number of primary amides is 1. The molecule has 1 atom stereocenters. The Hall–Kier alpha value is -3.22. The molecule has 2 aromatic rings. The number of rotatable bonds is 6. The molecule has 1 unspecified atom stereocenters. The summed E-state index contributed by atoms with van der Waals surface area (Å²) in [5.74, 6) is -2.46. The van der Waals surface area contributed by atoms with Gasteiger partial charge in [-0.25, -0.2) is 4.39 Å². The first-order valence-electron chi connectivity index (χ1n) is 7.15. The molecular formula is C17H16FN3O3. The second-order valence-electron chi connectivity index (χ2n) is 5.01. The van der Waals surface area contributed by atoms with Crippen LogP contribution in [0.4, 0.5) is 4.39 Å². The summed E-state index contributed by atoms with van der Waals surface area (Å²) in [4.78, 5) is 35.3. The van der Waals surface area contributed by atoms with E-state index in [1.807, 2.05) is 0 Å². The van der Waals surface area contributed by atoms with Crippen LogP contribution in [0.3, 0.4) is 0 Å². The van der Waals surface area contributed by atoms with E-state index in [0.717, 1.165) is 6.07 Å². The molecule has 0 spiro atoms. The summed E-state index contributed by atoms with van der Waals surface area (Å²) >= 11 is 0. The third-order valence-electron chi connectivity index (χ3n) is 3.22. The molecule has 0 aliphatic rings. The summed E-state index contributed by atoms with van der Waals surface area (Å²) in [7, 11) is 0. The maximum atomic E-state index is 13.1. The van der Waals surface area contributed by atoms with Crippen LogP contribution >= 0.6 is 0 Å². The van der Waals surface area contributed by atoms with Gasteiger partial charge in [-0.3, -0.25) is 14.4 Å². The quantitative estimate of drug-likeness (QED) is 0.734. The normalized spacial score (nSPS) is 11.4. The fourth-order valence-corrected chi connectivity index (χ4v) is 2.07. The first-order valence-corrected chi connectivity index (χ1v) is 7.15. The summed E-state index contributed by atoms with van der Waals surface area (Å²) < 4.78 is 13.1. The topological polar surface area (TPSA) is 101 Å². The van der Waals surface area contributed by atoms with Gasteiger partial charge in [0.2, 0.25) is 11.8 Å². The Kier molecular flexibility index (Phi) is 5.62. The molecule has 0 heterocycles. The first kappa shape index (κ1) is 17.1. The van der Waals surface area contributed by atoms with Crippen molar-refractivity contribution in [1.82, 2.24) is 10.6 Å². The van der Waals surface area contributed by atoms with Crippen LogP contribution in [0.5, 0.6) is 0 Å². The van der Waals surface area contributed by atoms with Crippen molar-refractivity contribution in [2.75, 3.05) is 6.54 Å². The highest BCUT2D eigenvalue weighted by Gasteiger charge is 2.20. The Morgan fingerprint density at radius 3 is 2.38 bits per heavy atom. The van der Waals surface area contributed by atoms with Crippen molar-refractivity contribution in [3.8, 4) is 0 Å². The minimum Gasteiger partial charge on any atom is -0.368 e. The number of halogens is 1. The van der Waals surface area contributed by atoms with Crippen LogP contribution in [-0.4, -0.2) is 24.3 Å². The van der Waals surface area contributed by atoms with Gasteiger partial charge in [0.15, 0.2) is 0 Å². The molecule has 2 rings (SSSR count). The lowest BCUT2D eigenvalue weighted by Crippen LogP contribution is -2.42. The second-order valence-corrected chi connectivity index (χ2v) is 5.01. The standard InChI is InChI=1S/C17H16FN3O3/c18-13-8-4-7-12(9-13)17(24)20-10-14(22)21-15(16(19)23)11-5-2-1-3-6-11/h1-9,15H,10H2,(H2,19,23)(H,20,24)(H,21,22). The maximum absolute atomic E-state index is 13.1. The van der Waals surface area contributed by atoms with Crippen LogP contribution in [0.1, 0.15) is 22.0 Å². The van der Waals surface area contributed by atoms with Crippen molar-refractivity contribution in [2.45, 2.75) is 6.04 Å². The zero-order valence-corrected chi connectivity index (χ0v) is 12.7. The van der Waals surface area contributed by atoms with Gasteiger partial charge in [-0.15, -0.1) is 0 Å². The minimum atomic E-state index is -0.996. The highest BCUT2D eigenvalue weighted by atomic mass is 19.1. The van der Waals surface area contributed by atoms with Gasteiger partial charge in [-0.1, -0.05) is 36.4 Å². The van der Waals surface area contributed by atoms with Gasteiger partial charge in [0, 0.05) is 5.56 Å². The van der Waals surface area contributed by atoms with Gasteiger partial charge in [0.1, 0.15) is 11.9 Å². The zero-order chi connectivity index (χ0) is 17.5. The van der Waals surface area contributed by atoms with Gasteiger partial charge in [0.25, 0.3) is 5.91 Å². The molecule has 0 saturated carbocycles. The van der Waals surface area contributed by atoms with Gasteiger partial charge in [-0.05, 0) is 23.8 Å². The fraction of sp³-hybridized carbons (Fsp3) is 0.118. The number of amides is 3. The predicted molar refractivity (Wildman–Crippen MR) is 85.3 cm³/mol. The Morgan fingerprint density at radius 2 is 1.75 bits per heavy atom. The van der Waals surface area contributed by atoms with Gasteiger partial charge >= 0.3 is 0 Å². The van der Waals surface area contributed by atoms with Crippen molar-refractivity contribution in [1.29, 1.82) is 0 Å². The lowest BCUT2D eigenvalue weighted by molar-refractivity contribution is -0.126. The van der Waals surface area contributed by atoms with Crippen molar-refractivity contribution in [3.05, 3.63) is 71.5 Å². The van der Waals surface area contributed by atoms with E-state index in [-0.39, 0.29) is 12.1 Å². The number of nitrogens with two attached hydrogens (primary N) is 1. The summed E-state index contributed by atoms with van der Waals surface area (Å²) in [6.07, 6.45) is 0. The molecule has 24 heavy (non-hydrogen) atoms. The average Bonchev–Trinajstić information content (AvgIpc) is 2.58. The van der Waals surface area contributed by atoms with Crippen molar-refractivity contribution >= 4 is 17.7 Å². The second kappa shape index (κ2) is 7.87. The van der Waals surface area contributed by atoms with E-state index in [0.29, 0.717) is 5.56 Å². The number of hydrogen-bond acceptors (Lipinski definition) is 3. The fourth-order valence-electron chi connectivity index (χ4n) is 2.07. The molecule has 2 aromatic carbocycles. The lowest BCUT2D eigenvalue weighted by Gasteiger charge is -2.16. The molecule has 0 fully saturated rings. The van der Waals surface area contributed by atoms with E-state index < -0.39 is 29.6 Å². The largest absolute Gasteiger partial charge is 0.368 e. The average molecular weight is 329 g/mol. The summed E-state index contributed by atoms with van der Waals surface area (Å²) in [6, 6.07) is 12.6. The third kappa shape index (κ3) is 4.64. The minimum absolute atomic E-state index is 0.0947. The molecule has 0 aromatic heterocycles. The zero-order valence-electron chi connectivity index (χ0n) is 12.7. The molecule has 0 bridgehead atoms. The highest BCUT2D eigenvalue weighted by molar-refractivity contribution is 5.97. The molecule has 7 heteroatoms. The van der Waals surface area contributed by atoms with Crippen molar-refractivity contribution < 1.29 is 18.8 Å². The molecule has 124 valence electrons. The van der Waals surface area contributed by atoms with Gasteiger partial charge in [-0.2, -0.15) is 0 Å².